The molecule has 0 unspecified atom stereocenters. The third-order valence-electron chi connectivity index (χ3n) is 3.99. The molecule has 6 heteroatoms. The van der Waals surface area contributed by atoms with E-state index in [1.165, 1.54) is 16.0 Å². The lowest BCUT2D eigenvalue weighted by atomic mass is 10.1. The highest BCUT2D eigenvalue weighted by molar-refractivity contribution is 7.98. The average molecular weight is 371 g/mol. The Morgan fingerprint density at radius 3 is 2.58 bits per heavy atom. The quantitative estimate of drug-likeness (QED) is 0.416. The summed E-state index contributed by atoms with van der Waals surface area (Å²) in [5.74, 6) is 0.640. The van der Waals surface area contributed by atoms with E-state index < -0.39 is 0 Å². The van der Waals surface area contributed by atoms with Gasteiger partial charge in [0.15, 0.2) is 5.96 Å². The molecule has 0 heterocycles. The molecule has 0 spiro atoms. The van der Waals surface area contributed by atoms with Crippen molar-refractivity contribution in [3.05, 3.63) is 64.7 Å². The highest BCUT2D eigenvalue weighted by Crippen LogP contribution is 2.21. The van der Waals surface area contributed by atoms with Gasteiger partial charge in [0, 0.05) is 37.6 Å². The topological polar surface area (TPSA) is 65.5 Å². The number of hydrogen-bond acceptors (Lipinski definition) is 3. The van der Waals surface area contributed by atoms with E-state index in [2.05, 4.69) is 52.3 Å². The Balaban J connectivity index is 1.95. The average Bonchev–Trinajstić information content (AvgIpc) is 2.68. The minimum absolute atomic E-state index is 0.0849. The Bertz CT molecular complexity index is 789. The number of aryl methyl sites for hydroxylation is 1. The maximum atomic E-state index is 11.7. The molecule has 0 bridgehead atoms. The Labute approximate surface area is 159 Å². The molecule has 0 aliphatic heterocycles. The maximum Gasteiger partial charge on any atom is 0.251 e. The van der Waals surface area contributed by atoms with Gasteiger partial charge in [0.2, 0.25) is 0 Å². The van der Waals surface area contributed by atoms with Crippen LogP contribution in [-0.2, 0) is 13.1 Å². The fourth-order valence-electron chi connectivity index (χ4n) is 2.55. The summed E-state index contributed by atoms with van der Waals surface area (Å²) in [6.45, 7) is 3.40. The van der Waals surface area contributed by atoms with Gasteiger partial charge in [-0.25, -0.2) is 0 Å². The van der Waals surface area contributed by atoms with Crippen molar-refractivity contribution in [2.45, 2.75) is 24.9 Å². The first-order chi connectivity index (χ1) is 12.6. The van der Waals surface area contributed by atoms with E-state index in [-0.39, 0.29) is 5.91 Å². The van der Waals surface area contributed by atoms with Crippen molar-refractivity contribution in [3.63, 3.8) is 0 Å². The van der Waals surface area contributed by atoms with Crippen molar-refractivity contribution >= 4 is 23.6 Å². The van der Waals surface area contributed by atoms with Gasteiger partial charge in [-0.15, -0.1) is 11.8 Å². The zero-order chi connectivity index (χ0) is 18.9. The van der Waals surface area contributed by atoms with Crippen LogP contribution in [0.4, 0.5) is 0 Å². The molecule has 0 fully saturated rings. The number of guanidine groups is 1. The van der Waals surface area contributed by atoms with E-state index in [1.54, 1.807) is 31.9 Å². The molecule has 138 valence electrons. The number of benzene rings is 2. The van der Waals surface area contributed by atoms with Crippen molar-refractivity contribution in [1.29, 1.82) is 0 Å². The zero-order valence-corrected chi connectivity index (χ0v) is 16.5. The molecular weight excluding hydrogens is 344 g/mol. The molecule has 3 N–H and O–H groups in total. The van der Waals surface area contributed by atoms with E-state index in [1.807, 2.05) is 18.2 Å². The lowest BCUT2D eigenvalue weighted by Crippen LogP contribution is -2.36. The van der Waals surface area contributed by atoms with E-state index in [0.717, 1.165) is 11.5 Å². The zero-order valence-electron chi connectivity index (χ0n) is 15.7. The minimum Gasteiger partial charge on any atom is -0.355 e. The summed E-state index contributed by atoms with van der Waals surface area (Å²) >= 11 is 1.75. The van der Waals surface area contributed by atoms with Crippen LogP contribution in [0.25, 0.3) is 0 Å². The SMILES string of the molecule is CN=C(NCc1cccc(C(=O)NC)c1)NCc1ccc(C)cc1SC. The number of nitrogens with one attached hydrogen (secondary N) is 3. The number of thioether (sulfide) groups is 1. The van der Waals surface area contributed by atoms with Crippen LogP contribution in [0.15, 0.2) is 52.4 Å². The van der Waals surface area contributed by atoms with Crippen molar-refractivity contribution in [2.24, 2.45) is 4.99 Å². The van der Waals surface area contributed by atoms with Crippen LogP contribution in [0.3, 0.4) is 0 Å². The molecule has 0 aliphatic carbocycles. The summed E-state index contributed by atoms with van der Waals surface area (Å²) in [5, 5.41) is 9.27. The third kappa shape index (κ3) is 5.52. The Hall–Kier alpha value is -2.47. The van der Waals surface area contributed by atoms with Gasteiger partial charge in [0.25, 0.3) is 5.91 Å². The number of amides is 1. The van der Waals surface area contributed by atoms with Crippen molar-refractivity contribution in [3.8, 4) is 0 Å². The van der Waals surface area contributed by atoms with E-state index in [9.17, 15) is 4.79 Å². The summed E-state index contributed by atoms with van der Waals surface area (Å²) in [5.41, 5.74) is 4.18. The van der Waals surface area contributed by atoms with Crippen molar-refractivity contribution in [2.75, 3.05) is 20.4 Å². The van der Waals surface area contributed by atoms with Crippen molar-refractivity contribution in [1.82, 2.24) is 16.0 Å². The van der Waals surface area contributed by atoms with Gasteiger partial charge in [0.1, 0.15) is 0 Å². The second-order valence-electron chi connectivity index (χ2n) is 5.87. The summed E-state index contributed by atoms with van der Waals surface area (Å²) in [6.07, 6.45) is 2.09. The first-order valence-corrected chi connectivity index (χ1v) is 9.69. The number of nitrogens with zero attached hydrogens (tertiary/aromatic N) is 1. The first-order valence-electron chi connectivity index (χ1n) is 8.46. The molecule has 0 atom stereocenters. The Morgan fingerprint density at radius 2 is 1.88 bits per heavy atom. The monoisotopic (exact) mass is 370 g/mol. The molecule has 0 aliphatic rings. The molecule has 5 nitrogen and oxygen atoms in total. The van der Waals surface area contributed by atoms with Crippen LogP contribution < -0.4 is 16.0 Å². The van der Waals surface area contributed by atoms with Gasteiger partial charge < -0.3 is 16.0 Å². The summed E-state index contributed by atoms with van der Waals surface area (Å²) in [7, 11) is 3.38. The molecular formula is C20H26N4OS. The Kier molecular flexibility index (Phi) is 7.53. The van der Waals surface area contributed by atoms with E-state index in [4.69, 9.17) is 0 Å². The highest BCUT2D eigenvalue weighted by atomic mass is 32.2. The number of carbonyl (C=O) groups is 1. The largest absolute Gasteiger partial charge is 0.355 e. The number of aliphatic imine (C=N–C) groups is 1. The fourth-order valence-corrected chi connectivity index (χ4v) is 3.26. The lowest BCUT2D eigenvalue weighted by molar-refractivity contribution is 0.0963. The molecule has 2 rings (SSSR count). The number of carbonyl (C=O) groups excluding carboxylic acids is 1. The smallest absolute Gasteiger partial charge is 0.251 e. The second-order valence-corrected chi connectivity index (χ2v) is 6.72. The maximum absolute atomic E-state index is 11.7. The summed E-state index contributed by atoms with van der Waals surface area (Å²) in [6, 6.07) is 14.0. The van der Waals surface area contributed by atoms with Crippen molar-refractivity contribution < 1.29 is 4.79 Å². The molecule has 2 aromatic rings. The van der Waals surface area contributed by atoms with Crippen LogP contribution >= 0.6 is 11.8 Å². The van der Waals surface area contributed by atoms with Gasteiger partial charge in [-0.3, -0.25) is 9.79 Å². The van der Waals surface area contributed by atoms with Crippen LogP contribution in [0.5, 0.6) is 0 Å². The van der Waals surface area contributed by atoms with Gasteiger partial charge in [-0.05, 0) is 48.1 Å². The summed E-state index contributed by atoms with van der Waals surface area (Å²) < 4.78 is 0. The standard InChI is InChI=1S/C20H26N4OS/c1-14-8-9-17(18(10-14)26-4)13-24-20(22-3)23-12-15-6-5-7-16(11-15)19(25)21-2/h5-11H,12-13H2,1-4H3,(H,21,25)(H2,22,23,24). The fraction of sp³-hybridized carbons (Fsp3) is 0.300. The molecule has 0 saturated carbocycles. The molecule has 26 heavy (non-hydrogen) atoms. The van der Waals surface area contributed by atoms with Crippen LogP contribution in [0.2, 0.25) is 0 Å². The number of hydrogen-bond donors (Lipinski definition) is 3. The number of rotatable bonds is 6. The predicted molar refractivity (Wildman–Crippen MR) is 110 cm³/mol. The molecule has 0 aromatic heterocycles. The van der Waals surface area contributed by atoms with Gasteiger partial charge in [0.05, 0.1) is 0 Å². The molecule has 0 saturated heterocycles. The van der Waals surface area contributed by atoms with E-state index in [0.29, 0.717) is 18.7 Å². The van der Waals surface area contributed by atoms with Crippen LogP contribution in [-0.4, -0.2) is 32.2 Å². The highest BCUT2D eigenvalue weighted by Gasteiger charge is 2.06. The van der Waals surface area contributed by atoms with Gasteiger partial charge in [-0.1, -0.05) is 24.3 Å². The minimum atomic E-state index is -0.0849. The molecule has 1 amide bonds. The van der Waals surface area contributed by atoms with Gasteiger partial charge >= 0.3 is 0 Å². The third-order valence-corrected chi connectivity index (χ3v) is 4.81. The predicted octanol–water partition coefficient (Wildman–Crippen LogP) is 2.94. The normalized spacial score (nSPS) is 11.2. The molecule has 0 radical (unpaired) electrons. The Morgan fingerprint density at radius 1 is 1.12 bits per heavy atom. The summed E-state index contributed by atoms with van der Waals surface area (Å²) in [4.78, 5) is 17.3. The van der Waals surface area contributed by atoms with E-state index >= 15 is 0 Å². The van der Waals surface area contributed by atoms with Gasteiger partial charge in [-0.2, -0.15) is 0 Å². The second kappa shape index (κ2) is 9.87. The lowest BCUT2D eigenvalue weighted by Gasteiger charge is -2.14. The van der Waals surface area contributed by atoms with Crippen LogP contribution in [0.1, 0.15) is 27.0 Å². The molecule has 2 aromatic carbocycles. The first kappa shape index (κ1) is 19.8. The van der Waals surface area contributed by atoms with Crippen LogP contribution in [0, 0.1) is 6.92 Å².